The third kappa shape index (κ3) is 4.40. The number of rotatable bonds is 7. The van der Waals surface area contributed by atoms with E-state index in [-0.39, 0.29) is 35.7 Å². The Morgan fingerprint density at radius 3 is 2.39 bits per heavy atom. The highest BCUT2D eigenvalue weighted by atomic mass is 19.2. The molecule has 4 rings (SSSR count). The van der Waals surface area contributed by atoms with Crippen molar-refractivity contribution in [3.63, 3.8) is 0 Å². The third-order valence-corrected chi connectivity index (χ3v) is 6.27. The first-order chi connectivity index (χ1) is 15.0. The Morgan fingerprint density at radius 1 is 0.935 bits per heavy atom. The molecule has 0 saturated heterocycles. The zero-order valence-electron chi connectivity index (χ0n) is 18.1. The highest BCUT2D eigenvalue weighted by Crippen LogP contribution is 2.45. The van der Waals surface area contributed by atoms with Crippen molar-refractivity contribution in [3.05, 3.63) is 52.3 Å². The number of benzene rings is 2. The first-order valence-electron chi connectivity index (χ1n) is 11.3. The molecule has 0 bridgehead atoms. The average Bonchev–Trinajstić information content (AvgIpc) is 2.78. The second kappa shape index (κ2) is 9.51. The van der Waals surface area contributed by atoms with Crippen LogP contribution in [0.15, 0.2) is 18.2 Å². The van der Waals surface area contributed by atoms with Crippen LogP contribution in [-0.2, 0) is 11.2 Å². The number of fused-ring (bicyclic) bond motifs is 2. The molecule has 2 aromatic rings. The van der Waals surface area contributed by atoms with Gasteiger partial charge in [0, 0.05) is 24.2 Å². The van der Waals surface area contributed by atoms with E-state index in [1.165, 1.54) is 0 Å². The minimum absolute atomic E-state index is 0.0519. The van der Waals surface area contributed by atoms with E-state index >= 15 is 0 Å². The summed E-state index contributed by atoms with van der Waals surface area (Å²) in [4.78, 5) is 0. The SMILES string of the molecule is CCCCOc1ccc2c(c1F)Oc1c(cc(C3CCC(OCC)CC3)c(F)c1F)C2. The van der Waals surface area contributed by atoms with Crippen LogP contribution in [0.5, 0.6) is 17.2 Å². The number of halogens is 3. The van der Waals surface area contributed by atoms with Gasteiger partial charge in [0.15, 0.2) is 23.1 Å². The molecular formula is C25H29F3O3. The zero-order chi connectivity index (χ0) is 22.0. The summed E-state index contributed by atoms with van der Waals surface area (Å²) in [6, 6.07) is 5.01. The van der Waals surface area contributed by atoms with Crippen molar-refractivity contribution in [1.29, 1.82) is 0 Å². The predicted octanol–water partition coefficient (Wildman–Crippen LogP) is 7.04. The molecule has 2 aromatic carbocycles. The molecule has 0 radical (unpaired) electrons. The van der Waals surface area contributed by atoms with Crippen LogP contribution >= 0.6 is 0 Å². The van der Waals surface area contributed by atoms with Crippen LogP contribution < -0.4 is 9.47 Å². The van der Waals surface area contributed by atoms with E-state index < -0.39 is 17.5 Å². The lowest BCUT2D eigenvalue weighted by atomic mass is 9.81. The highest BCUT2D eigenvalue weighted by molar-refractivity contribution is 5.55. The lowest BCUT2D eigenvalue weighted by Gasteiger charge is -2.30. The molecule has 0 atom stereocenters. The molecule has 1 aliphatic carbocycles. The molecule has 1 aliphatic heterocycles. The fraction of sp³-hybridized carbons (Fsp3) is 0.520. The average molecular weight is 434 g/mol. The molecule has 0 amide bonds. The maximum Gasteiger partial charge on any atom is 0.207 e. The Morgan fingerprint density at radius 2 is 1.68 bits per heavy atom. The fourth-order valence-corrected chi connectivity index (χ4v) is 4.57. The van der Waals surface area contributed by atoms with Gasteiger partial charge in [0.25, 0.3) is 0 Å². The van der Waals surface area contributed by atoms with Gasteiger partial charge in [0.05, 0.1) is 12.7 Å². The van der Waals surface area contributed by atoms with Crippen LogP contribution in [0, 0.1) is 17.5 Å². The van der Waals surface area contributed by atoms with E-state index in [1.807, 2.05) is 13.8 Å². The number of ether oxygens (including phenoxy) is 3. The van der Waals surface area contributed by atoms with E-state index in [4.69, 9.17) is 14.2 Å². The van der Waals surface area contributed by atoms with Gasteiger partial charge in [-0.05, 0) is 62.6 Å². The first-order valence-corrected chi connectivity index (χ1v) is 11.3. The molecule has 3 nitrogen and oxygen atoms in total. The summed E-state index contributed by atoms with van der Waals surface area (Å²) >= 11 is 0. The summed E-state index contributed by atoms with van der Waals surface area (Å²) in [6.45, 7) is 5.03. The number of hydrogen-bond donors (Lipinski definition) is 0. The molecule has 1 heterocycles. The molecular weight excluding hydrogens is 405 g/mol. The first kappa shape index (κ1) is 22.0. The van der Waals surface area contributed by atoms with E-state index in [9.17, 15) is 13.2 Å². The van der Waals surface area contributed by atoms with E-state index in [0.29, 0.717) is 29.9 Å². The van der Waals surface area contributed by atoms with Gasteiger partial charge in [0.2, 0.25) is 11.6 Å². The van der Waals surface area contributed by atoms with Crippen LogP contribution in [-0.4, -0.2) is 19.3 Å². The highest BCUT2D eigenvalue weighted by Gasteiger charge is 2.32. The maximum absolute atomic E-state index is 15.0. The van der Waals surface area contributed by atoms with E-state index in [0.717, 1.165) is 38.5 Å². The molecule has 0 unspecified atom stereocenters. The van der Waals surface area contributed by atoms with Crippen molar-refractivity contribution < 1.29 is 27.4 Å². The van der Waals surface area contributed by atoms with Gasteiger partial charge in [-0.1, -0.05) is 19.4 Å². The summed E-state index contributed by atoms with van der Waals surface area (Å²) < 4.78 is 61.6. The third-order valence-electron chi connectivity index (χ3n) is 6.27. The fourth-order valence-electron chi connectivity index (χ4n) is 4.57. The smallest absolute Gasteiger partial charge is 0.207 e. The van der Waals surface area contributed by atoms with Crippen LogP contribution in [0.25, 0.3) is 0 Å². The van der Waals surface area contributed by atoms with Crippen molar-refractivity contribution in [2.45, 2.75) is 70.8 Å². The summed E-state index contributed by atoms with van der Waals surface area (Å²) in [7, 11) is 0. The lowest BCUT2D eigenvalue weighted by Crippen LogP contribution is -2.22. The van der Waals surface area contributed by atoms with Crippen molar-refractivity contribution in [2.24, 2.45) is 0 Å². The van der Waals surface area contributed by atoms with Gasteiger partial charge in [-0.25, -0.2) is 4.39 Å². The summed E-state index contributed by atoms with van der Waals surface area (Å²) in [6.07, 6.45) is 5.39. The Bertz CT molecular complexity index is 936. The molecule has 0 aromatic heterocycles. The minimum Gasteiger partial charge on any atom is -0.490 e. The van der Waals surface area contributed by atoms with Crippen LogP contribution in [0.4, 0.5) is 13.2 Å². The Balaban J connectivity index is 1.58. The molecule has 1 saturated carbocycles. The number of unbranched alkanes of at least 4 members (excludes halogenated alkanes) is 1. The second-order valence-corrected chi connectivity index (χ2v) is 8.36. The summed E-state index contributed by atoms with van der Waals surface area (Å²) in [5.41, 5.74) is 1.54. The van der Waals surface area contributed by atoms with Crippen molar-refractivity contribution in [1.82, 2.24) is 0 Å². The van der Waals surface area contributed by atoms with Gasteiger partial charge in [-0.15, -0.1) is 0 Å². The van der Waals surface area contributed by atoms with Gasteiger partial charge >= 0.3 is 0 Å². The Labute approximate surface area is 181 Å². The topological polar surface area (TPSA) is 27.7 Å². The van der Waals surface area contributed by atoms with E-state index in [1.54, 1.807) is 18.2 Å². The molecule has 0 spiro atoms. The van der Waals surface area contributed by atoms with Crippen LogP contribution in [0.2, 0.25) is 0 Å². The van der Waals surface area contributed by atoms with Crippen molar-refractivity contribution >= 4 is 0 Å². The Hall–Kier alpha value is -2.21. The Kier molecular flexibility index (Phi) is 6.75. The molecule has 31 heavy (non-hydrogen) atoms. The van der Waals surface area contributed by atoms with Gasteiger partial charge < -0.3 is 14.2 Å². The van der Waals surface area contributed by atoms with Crippen molar-refractivity contribution in [2.75, 3.05) is 13.2 Å². The summed E-state index contributed by atoms with van der Waals surface area (Å²) in [5, 5.41) is 0. The normalized spacial score (nSPS) is 20.0. The van der Waals surface area contributed by atoms with Crippen LogP contribution in [0.1, 0.15) is 75.0 Å². The zero-order valence-corrected chi connectivity index (χ0v) is 18.1. The molecule has 1 fully saturated rings. The predicted molar refractivity (Wildman–Crippen MR) is 113 cm³/mol. The monoisotopic (exact) mass is 434 g/mol. The summed E-state index contributed by atoms with van der Waals surface area (Å²) in [5.74, 6) is -2.88. The molecule has 0 N–H and O–H groups in total. The molecule has 6 heteroatoms. The maximum atomic E-state index is 15.0. The van der Waals surface area contributed by atoms with E-state index in [2.05, 4.69) is 0 Å². The van der Waals surface area contributed by atoms with Crippen molar-refractivity contribution in [3.8, 4) is 17.2 Å². The van der Waals surface area contributed by atoms with Gasteiger partial charge in [-0.3, -0.25) is 0 Å². The van der Waals surface area contributed by atoms with Gasteiger partial charge in [0.1, 0.15) is 0 Å². The quantitative estimate of drug-likeness (QED) is 0.373. The van der Waals surface area contributed by atoms with Crippen LogP contribution in [0.3, 0.4) is 0 Å². The molecule has 168 valence electrons. The minimum atomic E-state index is -1.04. The lowest BCUT2D eigenvalue weighted by molar-refractivity contribution is 0.0325. The second-order valence-electron chi connectivity index (χ2n) is 8.36. The number of hydrogen-bond acceptors (Lipinski definition) is 3. The van der Waals surface area contributed by atoms with Gasteiger partial charge in [-0.2, -0.15) is 8.78 Å². The molecule has 2 aliphatic rings. The standard InChI is InChI=1S/C25H29F3O3/c1-3-5-12-30-20-11-8-16-13-17-14-19(15-6-9-18(10-7-15)29-4-2)21(26)23(28)25(17)31-24(16)22(20)27/h8,11,14-15,18H,3-7,9-10,12-13H2,1-2H3. The largest absolute Gasteiger partial charge is 0.490 e.